The Morgan fingerprint density at radius 3 is 1.96 bits per heavy atom. The van der Waals surface area contributed by atoms with Crippen molar-refractivity contribution in [3.05, 3.63) is 119 Å². The van der Waals surface area contributed by atoms with Gasteiger partial charge in [-0.15, -0.1) is 0 Å². The van der Waals surface area contributed by atoms with Gasteiger partial charge in [0.25, 0.3) is 0 Å². The van der Waals surface area contributed by atoms with Crippen LogP contribution in [0.5, 0.6) is 5.75 Å². The number of hydrogen-bond donors (Lipinski definition) is 0. The summed E-state index contributed by atoms with van der Waals surface area (Å²) in [6, 6.07) is 19.5. The highest BCUT2D eigenvalue weighted by Crippen LogP contribution is 2.50. The van der Waals surface area contributed by atoms with E-state index in [4.69, 9.17) is 4.74 Å². The molecule has 0 aliphatic carbocycles. The molecule has 0 saturated heterocycles. The van der Waals surface area contributed by atoms with Crippen molar-refractivity contribution in [2.75, 3.05) is 0 Å². The first kappa shape index (κ1) is 30.6. The first-order valence-corrected chi connectivity index (χ1v) is 14.8. The zero-order chi connectivity index (χ0) is 32.3. The second-order valence-electron chi connectivity index (χ2n) is 11.7. The fourth-order valence-corrected chi connectivity index (χ4v) is 6.39. The van der Waals surface area contributed by atoms with Crippen molar-refractivity contribution in [3.63, 3.8) is 0 Å². The molecule has 0 bridgehead atoms. The molecule has 0 saturated carbocycles. The van der Waals surface area contributed by atoms with Crippen molar-refractivity contribution < 1.29 is 31.1 Å². The normalized spacial score (nSPS) is 15.2. The average Bonchev–Trinajstić information content (AvgIpc) is 3.31. The van der Waals surface area contributed by atoms with Gasteiger partial charge in [0.15, 0.2) is 0 Å². The molecule has 2 nitrogen and oxygen atoms in total. The van der Waals surface area contributed by atoms with Crippen LogP contribution in [0.3, 0.4) is 0 Å². The van der Waals surface area contributed by atoms with E-state index < -0.39 is 34.6 Å². The van der Waals surface area contributed by atoms with Gasteiger partial charge in [-0.2, -0.15) is 26.3 Å². The Morgan fingerprint density at radius 1 is 0.733 bits per heavy atom. The molecule has 4 aromatic carbocycles. The van der Waals surface area contributed by atoms with Crippen molar-refractivity contribution in [2.45, 2.75) is 58.3 Å². The second kappa shape index (κ2) is 10.9. The van der Waals surface area contributed by atoms with Gasteiger partial charge < -0.3 is 9.30 Å². The fraction of sp³-hybridized carbons (Fsp3) is 0.243. The van der Waals surface area contributed by atoms with Crippen molar-refractivity contribution in [1.82, 2.24) is 4.57 Å². The molecule has 0 amide bonds. The van der Waals surface area contributed by atoms with Crippen molar-refractivity contribution in [1.29, 1.82) is 0 Å². The van der Waals surface area contributed by atoms with Crippen molar-refractivity contribution in [2.24, 2.45) is 0 Å². The van der Waals surface area contributed by atoms with Crippen LogP contribution < -0.4 is 4.74 Å². The lowest BCUT2D eigenvalue weighted by atomic mass is 9.74. The Hall–Kier alpha value is -4.46. The van der Waals surface area contributed by atoms with E-state index in [1.807, 2.05) is 39.8 Å². The summed E-state index contributed by atoms with van der Waals surface area (Å²) < 4.78 is 97.1. The first-order valence-electron chi connectivity index (χ1n) is 14.8. The van der Waals surface area contributed by atoms with Gasteiger partial charge in [0.1, 0.15) is 11.5 Å². The number of hydrogen-bond acceptors (Lipinski definition) is 1. The number of halogens is 6. The first-order chi connectivity index (χ1) is 21.3. The molecule has 1 aromatic heterocycles. The lowest BCUT2D eigenvalue weighted by Crippen LogP contribution is -2.27. The predicted molar refractivity (Wildman–Crippen MR) is 167 cm³/mol. The van der Waals surface area contributed by atoms with Crippen LogP contribution in [0.1, 0.15) is 57.2 Å². The summed E-state index contributed by atoms with van der Waals surface area (Å²) in [4.78, 5) is 0. The fourth-order valence-electron chi connectivity index (χ4n) is 6.39. The largest absolute Gasteiger partial charge is 0.461 e. The molecule has 6 rings (SSSR count). The van der Waals surface area contributed by atoms with Crippen molar-refractivity contribution in [3.8, 4) is 22.6 Å². The highest BCUT2D eigenvalue weighted by Gasteiger charge is 2.43. The standard InChI is InChI=1S/C37H31F6NO/c1-5-7-16-26-32(6-2)45-33-20-25-24-15-11-12-17-30(24)44(31(25)21-27(33)35(26,3)4)34-28(36(38,39)40)18-23(19-29(34)37(41,42)43)22-13-9-8-10-14-22/h7-21H,5-6H2,1-4H3/b16-7-. The monoisotopic (exact) mass is 619 g/mol. The van der Waals surface area contributed by atoms with E-state index in [9.17, 15) is 26.3 Å². The summed E-state index contributed by atoms with van der Waals surface area (Å²) in [7, 11) is 0. The Morgan fingerprint density at radius 2 is 1.36 bits per heavy atom. The minimum Gasteiger partial charge on any atom is -0.461 e. The predicted octanol–water partition coefficient (Wildman–Crippen LogP) is 11.8. The molecule has 1 aliphatic rings. The zero-order valence-electron chi connectivity index (χ0n) is 25.2. The lowest BCUT2D eigenvalue weighted by Gasteiger charge is -2.36. The maximum atomic E-state index is 14.9. The molecule has 45 heavy (non-hydrogen) atoms. The molecule has 0 atom stereocenters. The van der Waals surface area contributed by atoms with E-state index in [1.165, 1.54) is 12.1 Å². The number of benzene rings is 4. The maximum Gasteiger partial charge on any atom is 0.418 e. The van der Waals surface area contributed by atoms with E-state index in [0.717, 1.165) is 34.5 Å². The minimum absolute atomic E-state index is 0.170. The van der Waals surface area contributed by atoms with Gasteiger partial charge in [0, 0.05) is 33.7 Å². The SMILES string of the molecule is CC/C=C\C1=C(CC)Oc2cc3c4ccccc4n(-c4c(C(F)(F)F)cc(-c5ccccc5)cc4C(F)(F)F)c3cc2C1(C)C. The van der Waals surface area contributed by atoms with Crippen LogP contribution in [0.25, 0.3) is 38.6 Å². The lowest BCUT2D eigenvalue weighted by molar-refractivity contribution is -0.142. The summed E-state index contributed by atoms with van der Waals surface area (Å²) in [5.41, 5.74) is -2.20. The highest BCUT2D eigenvalue weighted by atomic mass is 19.4. The molecule has 5 aromatic rings. The number of para-hydroxylation sites is 1. The van der Waals surface area contributed by atoms with E-state index in [0.29, 0.717) is 28.5 Å². The number of ether oxygens (including phenoxy) is 1. The average molecular weight is 620 g/mol. The van der Waals surface area contributed by atoms with Gasteiger partial charge in [-0.25, -0.2) is 0 Å². The molecule has 8 heteroatoms. The maximum absolute atomic E-state index is 14.9. The van der Waals surface area contributed by atoms with Gasteiger partial charge in [-0.3, -0.25) is 0 Å². The van der Waals surface area contributed by atoms with Gasteiger partial charge in [0.05, 0.1) is 27.8 Å². The van der Waals surface area contributed by atoms with Crippen LogP contribution in [0.4, 0.5) is 26.3 Å². The molecule has 232 valence electrons. The number of rotatable bonds is 5. The summed E-state index contributed by atoms with van der Waals surface area (Å²) in [6.07, 6.45) is -4.78. The Bertz CT molecular complexity index is 1960. The zero-order valence-corrected chi connectivity index (χ0v) is 25.2. The van der Waals surface area contributed by atoms with Crippen molar-refractivity contribution >= 4 is 21.8 Å². The smallest absolute Gasteiger partial charge is 0.418 e. The van der Waals surface area contributed by atoms with Crippen LogP contribution in [0.2, 0.25) is 0 Å². The number of alkyl halides is 6. The van der Waals surface area contributed by atoms with Crippen LogP contribution in [-0.2, 0) is 17.8 Å². The van der Waals surface area contributed by atoms with E-state index in [1.54, 1.807) is 54.6 Å². The number of nitrogens with zero attached hydrogens (tertiary/aromatic N) is 1. The molecule has 1 aliphatic heterocycles. The molecule has 0 fully saturated rings. The Labute approximate surface area is 257 Å². The molecular formula is C37H31F6NO. The summed E-state index contributed by atoms with van der Waals surface area (Å²) in [5.74, 6) is 1.31. The molecule has 0 N–H and O–H groups in total. The molecule has 0 radical (unpaired) electrons. The molecule has 0 unspecified atom stereocenters. The van der Waals surface area contributed by atoms with Crippen LogP contribution >= 0.6 is 0 Å². The van der Waals surface area contributed by atoms with Gasteiger partial charge in [-0.1, -0.05) is 88.4 Å². The Balaban J connectivity index is 1.75. The highest BCUT2D eigenvalue weighted by molar-refractivity contribution is 6.10. The summed E-state index contributed by atoms with van der Waals surface area (Å²) in [5, 5.41) is 1.01. The van der Waals surface area contributed by atoms with Gasteiger partial charge in [0.2, 0.25) is 0 Å². The minimum atomic E-state index is -5.09. The number of aromatic nitrogens is 1. The topological polar surface area (TPSA) is 14.2 Å². The summed E-state index contributed by atoms with van der Waals surface area (Å²) >= 11 is 0. The molecule has 0 spiro atoms. The third-order valence-electron chi connectivity index (χ3n) is 8.55. The number of allylic oxidation sites excluding steroid dienone is 4. The Kier molecular flexibility index (Phi) is 7.38. The van der Waals surface area contributed by atoms with Gasteiger partial charge in [-0.05, 0) is 47.9 Å². The van der Waals surface area contributed by atoms with E-state index >= 15 is 0 Å². The van der Waals surface area contributed by atoms with Crippen LogP contribution in [0, 0.1) is 0 Å². The number of fused-ring (bicyclic) bond motifs is 4. The van der Waals surface area contributed by atoms with Gasteiger partial charge >= 0.3 is 12.4 Å². The third kappa shape index (κ3) is 5.10. The van der Waals surface area contributed by atoms with E-state index in [2.05, 4.69) is 0 Å². The molecule has 2 heterocycles. The summed E-state index contributed by atoms with van der Waals surface area (Å²) in [6.45, 7) is 7.98. The van der Waals surface area contributed by atoms with Crippen LogP contribution in [-0.4, -0.2) is 4.57 Å². The van der Waals surface area contributed by atoms with E-state index in [-0.39, 0.29) is 22.2 Å². The third-order valence-corrected chi connectivity index (χ3v) is 8.55. The van der Waals surface area contributed by atoms with Crippen LogP contribution in [0.15, 0.2) is 102 Å². The quantitative estimate of drug-likeness (QED) is 0.179. The molecular weight excluding hydrogens is 588 g/mol. The second-order valence-corrected chi connectivity index (χ2v) is 11.7.